The number of allylic oxidation sites excluding steroid dienone is 4. The lowest BCUT2D eigenvalue weighted by Crippen LogP contribution is -2.78. The molecule has 9 heterocycles. The van der Waals surface area contributed by atoms with Crippen LogP contribution in [0.1, 0.15) is 227 Å². The number of ether oxygens (including phenoxy) is 2. The summed E-state index contributed by atoms with van der Waals surface area (Å²) in [6, 6.07) is 7.29. The molecule has 21 rings (SSSR count). The zero-order chi connectivity index (χ0) is 53.3. The van der Waals surface area contributed by atoms with Gasteiger partial charge in [-0.15, -0.1) is 0 Å². The molecule has 3 N–H and O–H groups in total. The van der Waals surface area contributed by atoms with Gasteiger partial charge in [-0.3, -0.25) is 9.69 Å². The number of hydrogen-bond acceptors (Lipinski definition) is 8. The molecule has 1 aromatic carbocycles. The van der Waals surface area contributed by atoms with Crippen molar-refractivity contribution >= 4 is 11.9 Å². The molecule has 10 fully saturated rings. The van der Waals surface area contributed by atoms with Gasteiger partial charge in [0.15, 0.2) is 11.4 Å². The molecule has 3 saturated heterocycles. The highest BCUT2D eigenvalue weighted by Gasteiger charge is 2.94. The number of carbonyl (C=O) groups excluding carboxylic acids is 2. The first kappa shape index (κ1) is 50.0. The predicted octanol–water partition coefficient (Wildman–Crippen LogP) is 14.7. The second-order valence-electron chi connectivity index (χ2n) is 32.2. The van der Waals surface area contributed by atoms with E-state index in [4.69, 9.17) is 15.2 Å². The lowest BCUT2D eigenvalue weighted by Gasteiger charge is -2.73. The highest BCUT2D eigenvalue weighted by Crippen LogP contribution is 2.89. The van der Waals surface area contributed by atoms with Gasteiger partial charge in [0, 0.05) is 61.2 Å². The van der Waals surface area contributed by atoms with E-state index < -0.39 is 16.4 Å². The van der Waals surface area contributed by atoms with Crippen molar-refractivity contribution in [1.82, 2.24) is 9.80 Å². The zero-order valence-corrected chi connectivity index (χ0v) is 48.8. The number of fused-ring (bicyclic) bond motifs is 5. The van der Waals surface area contributed by atoms with Crippen molar-refractivity contribution in [3.05, 3.63) is 81.0 Å². The molecule has 9 aliphatic heterocycles. The van der Waals surface area contributed by atoms with Crippen LogP contribution in [0.4, 0.5) is 0 Å². The van der Waals surface area contributed by atoms with Gasteiger partial charge in [-0.05, 0) is 234 Å². The Bertz CT molecular complexity index is 2960. The number of benzene rings is 1. The number of aliphatic hydroxyl groups excluding tert-OH is 1. The summed E-state index contributed by atoms with van der Waals surface area (Å²) in [5.41, 5.74) is 13.8. The Labute approximate surface area is 478 Å². The molecule has 7 spiro atoms. The monoisotopic (exact) mass is 1080 g/mol. The number of piperidine rings is 2. The first-order valence-corrected chi connectivity index (χ1v) is 34.4. The van der Waals surface area contributed by atoms with E-state index in [0.717, 1.165) is 56.4 Å². The number of esters is 2. The molecular formula is C72H95N3O5. The standard InChI is InChI=1S/C72H95N3O5/c1-43-32-48-18-19-55-50-33-44-40-74(42-50)56(51-38-68(26-6-7-27-68)69(39-51)29-11-28-67(69)24-4-5-25-67)36-57(76)63-70-30-20-52-60(62(48)75(55)41-44)53(43)34-47-17-16-46(49-13-9-23-66(37-49)21-2-3-22-66)35-58(71(70,61(47)52)65(78)79-63)72(70)54-15-8-12-45(14-10-31-73)59(54)64(77)80-72/h8,12,15-17,43-44,46-47,49-51,53,55-56,58,60,76H,2-7,9-11,13-14,18-42,73H2,1H3/b17-16-,63-57-/t43-,44-,46+,47-,49+,50+,51+,53+,55+,56-,58-,60-,69+,70+,71+,72+/m0/s1. The Balaban J connectivity index is 0.879. The molecule has 1 unspecified atom stereocenters. The number of hydrogen-bond donors (Lipinski definition) is 2. The normalized spacial score (nSPS) is 48.4. The molecule has 17 atom stereocenters. The van der Waals surface area contributed by atoms with Crippen LogP contribution in [-0.4, -0.2) is 65.1 Å². The van der Waals surface area contributed by atoms with Crippen molar-refractivity contribution in [1.29, 1.82) is 0 Å². The van der Waals surface area contributed by atoms with Gasteiger partial charge in [-0.2, -0.15) is 0 Å². The Morgan fingerprint density at radius 3 is 2.39 bits per heavy atom. The maximum Gasteiger partial charge on any atom is 0.339 e. The van der Waals surface area contributed by atoms with E-state index in [1.807, 2.05) is 0 Å². The van der Waals surface area contributed by atoms with Crippen molar-refractivity contribution in [2.75, 3.05) is 26.2 Å². The summed E-state index contributed by atoms with van der Waals surface area (Å²) in [4.78, 5) is 38.6. The number of aliphatic hydroxyl groups is 1. The predicted molar refractivity (Wildman–Crippen MR) is 309 cm³/mol. The van der Waals surface area contributed by atoms with E-state index in [-0.39, 0.29) is 35.7 Å². The highest BCUT2D eigenvalue weighted by atomic mass is 16.6. The zero-order valence-electron chi connectivity index (χ0n) is 48.8. The van der Waals surface area contributed by atoms with Gasteiger partial charge in [0.1, 0.15) is 11.2 Å². The van der Waals surface area contributed by atoms with E-state index in [1.165, 1.54) is 166 Å². The van der Waals surface area contributed by atoms with E-state index >= 15 is 9.59 Å². The summed E-state index contributed by atoms with van der Waals surface area (Å²) in [5, 5.41) is 14.2. The second-order valence-corrected chi connectivity index (χ2v) is 32.2. The van der Waals surface area contributed by atoms with E-state index in [0.29, 0.717) is 112 Å². The van der Waals surface area contributed by atoms with Gasteiger partial charge in [0.05, 0.1) is 11.0 Å². The molecule has 8 nitrogen and oxygen atoms in total. The van der Waals surface area contributed by atoms with Crippen LogP contribution in [0.25, 0.3) is 0 Å². The molecule has 0 aromatic heterocycles. The highest BCUT2D eigenvalue weighted by molar-refractivity contribution is 6.00. The minimum Gasteiger partial charge on any atom is -0.509 e. The van der Waals surface area contributed by atoms with Crippen molar-refractivity contribution in [2.24, 2.45) is 97.4 Å². The van der Waals surface area contributed by atoms with E-state index in [9.17, 15) is 5.11 Å². The molecule has 1 aromatic rings. The van der Waals surface area contributed by atoms with Crippen molar-refractivity contribution in [3.63, 3.8) is 0 Å². The van der Waals surface area contributed by atoms with Crippen LogP contribution in [-0.2, 0) is 26.3 Å². The minimum absolute atomic E-state index is 0.103. The fraction of sp³-hybridized carbons (Fsp3) is 0.778. The smallest absolute Gasteiger partial charge is 0.339 e. The van der Waals surface area contributed by atoms with Gasteiger partial charge in [-0.25, -0.2) is 4.79 Å². The van der Waals surface area contributed by atoms with Gasteiger partial charge < -0.3 is 25.2 Å². The third kappa shape index (κ3) is 5.96. The summed E-state index contributed by atoms with van der Waals surface area (Å²) >= 11 is 0. The van der Waals surface area contributed by atoms with Crippen LogP contribution >= 0.6 is 0 Å². The number of aryl methyl sites for hydroxylation is 1. The molecule has 8 heteroatoms. The Hall–Kier alpha value is -3.36. The minimum atomic E-state index is -1.15. The molecule has 20 aliphatic rings. The third-order valence-corrected chi connectivity index (χ3v) is 29.8. The average Bonchev–Trinajstić information content (AvgIpc) is 1.46. The Kier molecular flexibility index (Phi) is 10.7. The lowest BCUT2D eigenvalue weighted by molar-refractivity contribution is -0.282. The van der Waals surface area contributed by atoms with Crippen LogP contribution < -0.4 is 5.73 Å². The maximum atomic E-state index is 16.9. The first-order valence-electron chi connectivity index (χ1n) is 34.4. The van der Waals surface area contributed by atoms with Crippen LogP contribution in [0, 0.1) is 91.7 Å². The molecule has 11 aliphatic carbocycles. The Morgan fingerprint density at radius 2 is 1.55 bits per heavy atom. The van der Waals surface area contributed by atoms with Gasteiger partial charge >= 0.3 is 11.9 Å². The fourth-order valence-electron chi connectivity index (χ4n) is 27.7. The topological polar surface area (TPSA) is 105 Å². The van der Waals surface area contributed by atoms with Gasteiger partial charge in [0.25, 0.3) is 0 Å². The van der Waals surface area contributed by atoms with Crippen LogP contribution in [0.3, 0.4) is 0 Å². The van der Waals surface area contributed by atoms with Gasteiger partial charge in [-0.1, -0.05) is 99.8 Å². The molecule has 0 amide bonds. The maximum absolute atomic E-state index is 16.9. The molecule has 7 saturated carbocycles. The SMILES string of the molecule is C[C@H]1CC2=C3[C@H]4C5=C6[C@@H](/C=C\[C@@H]([C@@H]7CCCC8(CCCC8)C7)C[C@H]7[C@]68C(=O)O/C(=C(\O)C[C@@H]([C@@H]6CC9(CCCC9)[C@]9(CCCC9%10CCCC%10)C6)N6C[C@@H]9C[C@H](C6)[C@@H](CC2)N3C9)[C@@]8(CC5)[C@]72OC(=O)c3c(CCCN)cccc32)C[C@@H]41. The third-order valence-electron chi connectivity index (χ3n) is 29.8. The number of nitrogens with two attached hydrogens (primary N) is 1. The largest absolute Gasteiger partial charge is 0.509 e. The number of rotatable bonds is 5. The number of nitrogens with zero attached hydrogens (tertiary/aromatic N) is 2. The van der Waals surface area contributed by atoms with E-state index in [1.54, 1.807) is 16.8 Å². The summed E-state index contributed by atoms with van der Waals surface area (Å²) in [6.07, 6.45) is 44.4. The fourth-order valence-corrected chi connectivity index (χ4v) is 27.7. The van der Waals surface area contributed by atoms with Gasteiger partial charge in [0.2, 0.25) is 0 Å². The van der Waals surface area contributed by atoms with Crippen LogP contribution in [0.15, 0.2) is 64.3 Å². The van der Waals surface area contributed by atoms with Crippen LogP contribution in [0.5, 0.6) is 0 Å². The summed E-state index contributed by atoms with van der Waals surface area (Å²) in [5.74, 6) is 4.17. The van der Waals surface area contributed by atoms with Crippen molar-refractivity contribution < 1.29 is 24.2 Å². The van der Waals surface area contributed by atoms with E-state index in [2.05, 4.69) is 47.1 Å². The average molecular weight is 1080 g/mol. The molecule has 80 heavy (non-hydrogen) atoms. The molecule has 12 bridgehead atoms. The second kappa shape index (κ2) is 17.2. The van der Waals surface area contributed by atoms with Crippen LogP contribution in [0.2, 0.25) is 0 Å². The van der Waals surface area contributed by atoms with Crippen molar-refractivity contribution in [3.8, 4) is 0 Å². The van der Waals surface area contributed by atoms with Crippen molar-refractivity contribution in [2.45, 2.75) is 230 Å². The summed E-state index contributed by atoms with van der Waals surface area (Å²) in [6.45, 7) is 6.52. The molecular weight excluding hydrogens is 987 g/mol. The number of carbonyl (C=O) groups is 2. The lowest BCUT2D eigenvalue weighted by atomic mass is 9.27. The first-order chi connectivity index (χ1) is 39.0. The molecule has 428 valence electrons. The summed E-state index contributed by atoms with van der Waals surface area (Å²) in [7, 11) is 0. The quantitative estimate of drug-likeness (QED) is 0.222. The summed E-state index contributed by atoms with van der Waals surface area (Å²) < 4.78 is 15.0. The Morgan fingerprint density at radius 1 is 0.750 bits per heavy atom. The molecule has 0 radical (unpaired) electrons.